The van der Waals surface area contributed by atoms with Crippen molar-refractivity contribution in [3.8, 4) is 11.4 Å². The van der Waals surface area contributed by atoms with E-state index in [2.05, 4.69) is 30.4 Å². The monoisotopic (exact) mass is 475 g/mol. The van der Waals surface area contributed by atoms with Gasteiger partial charge in [-0.25, -0.2) is 13.8 Å². The van der Waals surface area contributed by atoms with Crippen molar-refractivity contribution in [1.82, 2.24) is 24.7 Å². The van der Waals surface area contributed by atoms with Gasteiger partial charge in [0, 0.05) is 25.5 Å². The van der Waals surface area contributed by atoms with Gasteiger partial charge in [-0.1, -0.05) is 12.1 Å². The van der Waals surface area contributed by atoms with Crippen LogP contribution in [0, 0.1) is 11.6 Å². The first-order chi connectivity index (χ1) is 17.0. The van der Waals surface area contributed by atoms with Crippen molar-refractivity contribution < 1.29 is 13.5 Å². The molecular weight excluding hydrogens is 456 g/mol. The number of aromatic amines is 1. The predicted molar refractivity (Wildman–Crippen MR) is 127 cm³/mol. The van der Waals surface area contributed by atoms with E-state index in [1.54, 1.807) is 0 Å². The maximum atomic E-state index is 14.7. The van der Waals surface area contributed by atoms with E-state index < -0.39 is 17.2 Å². The smallest absolute Gasteiger partial charge is 0.267 e. The molecule has 3 aromatic heterocycles. The molecule has 0 radical (unpaired) electrons. The highest BCUT2D eigenvalue weighted by molar-refractivity contribution is 6.02. The Balaban J connectivity index is 1.40. The van der Waals surface area contributed by atoms with Gasteiger partial charge in [-0.15, -0.1) is 0 Å². The van der Waals surface area contributed by atoms with Gasteiger partial charge in [0.25, 0.3) is 5.56 Å². The van der Waals surface area contributed by atoms with Gasteiger partial charge in [-0.05, 0) is 24.3 Å². The van der Waals surface area contributed by atoms with Gasteiger partial charge in [0.15, 0.2) is 5.65 Å². The van der Waals surface area contributed by atoms with E-state index in [9.17, 15) is 13.6 Å². The summed E-state index contributed by atoms with van der Waals surface area (Å²) in [6.45, 7) is 1.03. The Bertz CT molecular complexity index is 1650. The maximum Gasteiger partial charge on any atom is 0.267 e. The van der Waals surface area contributed by atoms with Crippen LogP contribution in [0.1, 0.15) is 0 Å². The molecule has 0 saturated carbocycles. The van der Waals surface area contributed by atoms with Gasteiger partial charge in [0.1, 0.15) is 29.0 Å². The van der Waals surface area contributed by atoms with Crippen LogP contribution in [0.2, 0.25) is 0 Å². The molecule has 0 saturated heterocycles. The van der Waals surface area contributed by atoms with E-state index >= 15 is 0 Å². The largest absolute Gasteiger partial charge is 0.485 e. The fraction of sp³-hybridized carbons (Fsp3) is 0.167. The third-order valence-electron chi connectivity index (χ3n) is 5.99. The molecule has 176 valence electrons. The number of para-hydroxylation sites is 2. The Morgan fingerprint density at radius 3 is 2.91 bits per heavy atom. The number of hydrogen-bond acceptors (Lipinski definition) is 7. The van der Waals surface area contributed by atoms with Gasteiger partial charge in [-0.3, -0.25) is 14.5 Å². The number of nitrogens with one attached hydrogen (secondary N) is 2. The van der Waals surface area contributed by atoms with Crippen molar-refractivity contribution in [2.45, 2.75) is 6.10 Å². The summed E-state index contributed by atoms with van der Waals surface area (Å²) in [5, 5.41) is 10.5. The number of nitrogens with zero attached hydrogens (tertiary/aromatic N) is 5. The molecule has 0 amide bonds. The normalized spacial score (nSPS) is 15.3. The molecule has 6 rings (SSSR count). The molecular formula is C24H19F2N7O2. The lowest BCUT2D eigenvalue weighted by atomic mass is 10.2. The Labute approximate surface area is 197 Å². The second-order valence-corrected chi connectivity index (χ2v) is 8.28. The molecule has 2 N–H and O–H groups in total. The third-order valence-corrected chi connectivity index (χ3v) is 5.99. The highest BCUT2D eigenvalue weighted by atomic mass is 19.1. The minimum atomic E-state index is -0.761. The van der Waals surface area contributed by atoms with E-state index in [4.69, 9.17) is 4.74 Å². The standard InChI is InChI=1S/C24H19F2N7O2/c1-32-12-14(35-20-5-3-2-4-18(20)32)9-27-24-28-10-15-21-16(11-29-31-21)23(34)33(22(15)30-24)19-8-13(25)6-7-17(19)26/h2-8,10-11,14H,9,12H2,1H3,(H,29,31)(H,27,28,30). The number of pyridine rings is 1. The molecule has 0 fully saturated rings. The number of H-pyrrole nitrogens is 1. The van der Waals surface area contributed by atoms with E-state index in [0.717, 1.165) is 34.2 Å². The summed E-state index contributed by atoms with van der Waals surface area (Å²) < 4.78 is 35.8. The summed E-state index contributed by atoms with van der Waals surface area (Å²) in [5.74, 6) is -0.450. The van der Waals surface area contributed by atoms with Crippen LogP contribution in [-0.4, -0.2) is 51.0 Å². The second kappa shape index (κ2) is 8.05. The number of rotatable bonds is 4. The molecule has 5 aromatic rings. The number of likely N-dealkylation sites (N-methyl/N-ethyl adjacent to an activating group) is 1. The Morgan fingerprint density at radius 2 is 2.03 bits per heavy atom. The average Bonchev–Trinajstić information content (AvgIpc) is 3.35. The van der Waals surface area contributed by atoms with Crippen molar-refractivity contribution in [1.29, 1.82) is 0 Å². The average molecular weight is 475 g/mol. The molecule has 11 heteroatoms. The third kappa shape index (κ3) is 3.52. The van der Waals surface area contributed by atoms with Crippen LogP contribution in [0.4, 0.5) is 20.4 Å². The molecule has 1 atom stereocenters. The zero-order valence-electron chi connectivity index (χ0n) is 18.5. The number of hydrogen-bond donors (Lipinski definition) is 2. The van der Waals surface area contributed by atoms with Crippen LogP contribution in [0.3, 0.4) is 0 Å². The lowest BCUT2D eigenvalue weighted by Gasteiger charge is -2.33. The maximum absolute atomic E-state index is 14.7. The van der Waals surface area contributed by atoms with E-state index in [1.165, 1.54) is 12.4 Å². The molecule has 1 aliphatic heterocycles. The van der Waals surface area contributed by atoms with Gasteiger partial charge in [-0.2, -0.15) is 10.1 Å². The Hall–Kier alpha value is -4.54. The number of ether oxygens (including phenoxy) is 1. The van der Waals surface area contributed by atoms with Crippen molar-refractivity contribution in [2.24, 2.45) is 0 Å². The summed E-state index contributed by atoms with van der Waals surface area (Å²) in [4.78, 5) is 24.2. The molecule has 0 aliphatic carbocycles. The summed E-state index contributed by atoms with van der Waals surface area (Å²) in [6.07, 6.45) is 2.72. The number of aromatic nitrogens is 5. The summed E-state index contributed by atoms with van der Waals surface area (Å²) in [5.41, 5.74) is 0.628. The fourth-order valence-corrected chi connectivity index (χ4v) is 4.36. The highest BCUT2D eigenvalue weighted by Crippen LogP contribution is 2.32. The number of anilines is 2. The molecule has 9 nitrogen and oxygen atoms in total. The first kappa shape index (κ1) is 21.0. The number of benzene rings is 2. The second-order valence-electron chi connectivity index (χ2n) is 8.28. The van der Waals surface area contributed by atoms with E-state index in [-0.39, 0.29) is 28.8 Å². The highest BCUT2D eigenvalue weighted by Gasteiger charge is 2.24. The Morgan fingerprint density at radius 1 is 1.17 bits per heavy atom. The zero-order valence-corrected chi connectivity index (χ0v) is 18.5. The lowest BCUT2D eigenvalue weighted by Crippen LogP contribution is -2.41. The SMILES string of the molecule is CN1CC(CNc2ncc3c4n[nH]cc4c(=O)n(-c4cc(F)ccc4F)c3n2)Oc2ccccc21. The molecule has 0 spiro atoms. The van der Waals surface area contributed by atoms with Gasteiger partial charge < -0.3 is 15.0 Å². The van der Waals surface area contributed by atoms with Gasteiger partial charge >= 0.3 is 0 Å². The minimum Gasteiger partial charge on any atom is -0.485 e. The van der Waals surface area contributed by atoms with Crippen molar-refractivity contribution in [3.63, 3.8) is 0 Å². The molecule has 2 aromatic carbocycles. The predicted octanol–water partition coefficient (Wildman–Crippen LogP) is 3.24. The summed E-state index contributed by atoms with van der Waals surface area (Å²) in [6, 6.07) is 10.7. The summed E-state index contributed by atoms with van der Waals surface area (Å²) >= 11 is 0. The summed E-state index contributed by atoms with van der Waals surface area (Å²) in [7, 11) is 1.99. The van der Waals surface area contributed by atoms with Crippen LogP contribution < -0.4 is 20.5 Å². The van der Waals surface area contributed by atoms with Crippen molar-refractivity contribution in [3.05, 3.63) is 76.8 Å². The van der Waals surface area contributed by atoms with Crippen LogP contribution in [0.15, 0.2) is 59.7 Å². The van der Waals surface area contributed by atoms with Gasteiger partial charge in [0.05, 0.1) is 35.2 Å². The van der Waals surface area contributed by atoms with Crippen molar-refractivity contribution >= 4 is 33.6 Å². The minimum absolute atomic E-state index is 0.101. The van der Waals surface area contributed by atoms with E-state index in [1.807, 2.05) is 31.3 Å². The molecule has 35 heavy (non-hydrogen) atoms. The van der Waals surface area contributed by atoms with Crippen molar-refractivity contribution in [2.75, 3.05) is 30.4 Å². The lowest BCUT2D eigenvalue weighted by molar-refractivity contribution is 0.208. The molecule has 1 aliphatic rings. The van der Waals surface area contributed by atoms with Crippen LogP contribution in [0.5, 0.6) is 5.75 Å². The van der Waals surface area contributed by atoms with Gasteiger partial charge in [0.2, 0.25) is 5.95 Å². The van der Waals surface area contributed by atoms with Crippen LogP contribution in [-0.2, 0) is 0 Å². The topological polar surface area (TPSA) is 101 Å². The quantitative estimate of drug-likeness (QED) is 0.412. The molecule has 4 heterocycles. The van der Waals surface area contributed by atoms with Crippen LogP contribution in [0.25, 0.3) is 27.6 Å². The molecule has 1 unspecified atom stereocenters. The van der Waals surface area contributed by atoms with E-state index in [0.29, 0.717) is 24.0 Å². The fourth-order valence-electron chi connectivity index (χ4n) is 4.36. The first-order valence-corrected chi connectivity index (χ1v) is 10.9. The molecule has 0 bridgehead atoms. The number of fused-ring (bicyclic) bond motifs is 4. The van der Waals surface area contributed by atoms with Crippen LogP contribution >= 0.6 is 0 Å². The number of halogens is 2. The zero-order chi connectivity index (χ0) is 24.1. The first-order valence-electron chi connectivity index (χ1n) is 10.9. The Kier molecular flexibility index (Phi) is 4.83.